The Kier molecular flexibility index (Phi) is 3.65. The lowest BCUT2D eigenvalue weighted by Gasteiger charge is -2.08. The molecule has 20 heavy (non-hydrogen) atoms. The van der Waals surface area contributed by atoms with Gasteiger partial charge in [0.15, 0.2) is 10.9 Å². The first-order valence-electron chi connectivity index (χ1n) is 5.42. The van der Waals surface area contributed by atoms with Crippen LogP contribution in [0.25, 0.3) is 0 Å². The van der Waals surface area contributed by atoms with Crippen LogP contribution in [0.5, 0.6) is 0 Å². The van der Waals surface area contributed by atoms with Crippen LogP contribution in [0.15, 0.2) is 17.0 Å². The van der Waals surface area contributed by atoms with Crippen molar-refractivity contribution in [2.24, 2.45) is 0 Å². The first kappa shape index (κ1) is 14.7. The minimum absolute atomic E-state index is 0.113. The van der Waals surface area contributed by atoms with E-state index in [1.807, 2.05) is 0 Å². The topological polar surface area (TPSA) is 85.1 Å². The van der Waals surface area contributed by atoms with Crippen LogP contribution in [0.4, 0.5) is 19.6 Å². The Morgan fingerprint density at radius 3 is 2.50 bits per heavy atom. The van der Waals surface area contributed by atoms with E-state index < -0.39 is 32.2 Å². The van der Waals surface area contributed by atoms with Crippen molar-refractivity contribution in [3.05, 3.63) is 34.3 Å². The molecule has 0 radical (unpaired) electrons. The van der Waals surface area contributed by atoms with E-state index in [9.17, 15) is 17.2 Å². The van der Waals surface area contributed by atoms with Crippen molar-refractivity contribution in [3.8, 4) is 0 Å². The van der Waals surface area contributed by atoms with Crippen LogP contribution in [-0.4, -0.2) is 13.4 Å². The number of rotatable bonds is 3. The highest BCUT2D eigenvalue weighted by Gasteiger charge is 2.23. The maximum Gasteiger partial charge on any atom is 0.266 e. The van der Waals surface area contributed by atoms with Crippen LogP contribution >= 0.6 is 11.3 Å². The predicted octanol–water partition coefficient (Wildman–Crippen LogP) is 2.42. The Morgan fingerprint density at radius 1 is 1.30 bits per heavy atom. The van der Waals surface area contributed by atoms with Crippen LogP contribution in [-0.2, 0) is 10.0 Å². The van der Waals surface area contributed by atoms with E-state index in [1.54, 1.807) is 13.8 Å². The number of sulfonamides is 1. The molecule has 0 aliphatic carbocycles. The van der Waals surface area contributed by atoms with Gasteiger partial charge in [-0.3, -0.25) is 4.72 Å². The van der Waals surface area contributed by atoms with Gasteiger partial charge >= 0.3 is 0 Å². The first-order chi connectivity index (χ1) is 9.22. The lowest BCUT2D eigenvalue weighted by atomic mass is 10.3. The molecule has 1 aromatic carbocycles. The van der Waals surface area contributed by atoms with Gasteiger partial charge in [-0.15, -0.1) is 11.3 Å². The van der Waals surface area contributed by atoms with Gasteiger partial charge in [-0.25, -0.2) is 22.2 Å². The van der Waals surface area contributed by atoms with Crippen LogP contribution in [0.2, 0.25) is 0 Å². The summed E-state index contributed by atoms with van der Waals surface area (Å²) in [5.41, 5.74) is 4.98. The maximum atomic E-state index is 13.7. The fourth-order valence-electron chi connectivity index (χ4n) is 1.44. The lowest BCUT2D eigenvalue weighted by Crippen LogP contribution is -2.15. The molecule has 3 N–H and O–H groups in total. The number of anilines is 2. The molecule has 0 unspecified atom stereocenters. The quantitative estimate of drug-likeness (QED) is 0.851. The SMILES string of the molecule is Cc1nc(NS(=O)(=O)c2ccc(F)c(N)c2F)sc1C. The van der Waals surface area contributed by atoms with Gasteiger partial charge in [0.25, 0.3) is 10.0 Å². The largest absolute Gasteiger partial charge is 0.394 e. The Bertz CT molecular complexity index is 753. The molecule has 0 spiro atoms. The molecule has 0 fully saturated rings. The van der Waals surface area contributed by atoms with Gasteiger partial charge in [-0.2, -0.15) is 0 Å². The summed E-state index contributed by atoms with van der Waals surface area (Å²) in [6, 6.07) is 1.61. The monoisotopic (exact) mass is 319 g/mol. The predicted molar refractivity (Wildman–Crippen MR) is 73.2 cm³/mol. The molecule has 1 heterocycles. The molecular formula is C11H11F2N3O2S2. The molecule has 2 rings (SSSR count). The van der Waals surface area contributed by atoms with Gasteiger partial charge < -0.3 is 5.73 Å². The van der Waals surface area contributed by atoms with Crippen molar-refractivity contribution < 1.29 is 17.2 Å². The maximum absolute atomic E-state index is 13.7. The highest BCUT2D eigenvalue weighted by molar-refractivity contribution is 7.93. The van der Waals surface area contributed by atoms with Crippen LogP contribution in [0.1, 0.15) is 10.6 Å². The highest BCUT2D eigenvalue weighted by Crippen LogP contribution is 2.27. The molecular weight excluding hydrogens is 308 g/mol. The number of hydrogen-bond donors (Lipinski definition) is 2. The molecule has 0 saturated carbocycles. The highest BCUT2D eigenvalue weighted by atomic mass is 32.2. The number of hydrogen-bond acceptors (Lipinski definition) is 5. The summed E-state index contributed by atoms with van der Waals surface area (Å²) in [5, 5.41) is 0.113. The van der Waals surface area contributed by atoms with Gasteiger partial charge in [0.2, 0.25) is 0 Å². The van der Waals surface area contributed by atoms with E-state index in [1.165, 1.54) is 0 Å². The molecule has 1 aromatic heterocycles. The second kappa shape index (κ2) is 4.98. The summed E-state index contributed by atoms with van der Waals surface area (Å²) in [5.74, 6) is -2.33. The third-order valence-electron chi connectivity index (χ3n) is 2.63. The Balaban J connectivity index is 2.43. The molecule has 0 aliphatic rings. The fourth-order valence-corrected chi connectivity index (χ4v) is 3.58. The molecule has 0 saturated heterocycles. The van der Waals surface area contributed by atoms with Crippen molar-refractivity contribution in [3.63, 3.8) is 0 Å². The third kappa shape index (κ3) is 2.59. The van der Waals surface area contributed by atoms with Gasteiger partial charge in [-0.1, -0.05) is 0 Å². The second-order valence-corrected chi connectivity index (χ2v) is 6.89. The average Bonchev–Trinajstić information content (AvgIpc) is 2.64. The smallest absolute Gasteiger partial charge is 0.266 e. The summed E-state index contributed by atoms with van der Waals surface area (Å²) in [7, 11) is -4.21. The average molecular weight is 319 g/mol. The van der Waals surface area contributed by atoms with E-state index in [-0.39, 0.29) is 5.13 Å². The van der Waals surface area contributed by atoms with Crippen LogP contribution < -0.4 is 10.5 Å². The zero-order chi connectivity index (χ0) is 15.1. The van der Waals surface area contributed by atoms with Gasteiger partial charge in [0.1, 0.15) is 16.4 Å². The number of nitrogen functional groups attached to an aromatic ring is 1. The zero-order valence-corrected chi connectivity index (χ0v) is 12.2. The molecule has 5 nitrogen and oxygen atoms in total. The van der Waals surface area contributed by atoms with E-state index >= 15 is 0 Å². The Labute approximate surface area is 118 Å². The minimum Gasteiger partial charge on any atom is -0.394 e. The molecule has 0 atom stereocenters. The molecule has 0 aliphatic heterocycles. The first-order valence-corrected chi connectivity index (χ1v) is 7.72. The molecule has 0 amide bonds. The van der Waals surface area contributed by atoms with Crippen molar-refractivity contribution >= 4 is 32.2 Å². The number of halogens is 2. The minimum atomic E-state index is -4.21. The van der Waals surface area contributed by atoms with Crippen molar-refractivity contribution in [1.82, 2.24) is 4.98 Å². The second-order valence-electron chi connectivity index (χ2n) is 4.04. The summed E-state index contributed by atoms with van der Waals surface area (Å²) in [4.78, 5) is 4.11. The van der Waals surface area contributed by atoms with Crippen molar-refractivity contribution in [1.29, 1.82) is 0 Å². The fraction of sp³-hybridized carbons (Fsp3) is 0.182. The number of nitrogens with two attached hydrogens (primary N) is 1. The molecule has 108 valence electrons. The number of nitrogens with zero attached hydrogens (tertiary/aromatic N) is 1. The molecule has 9 heteroatoms. The molecule has 0 bridgehead atoms. The zero-order valence-electron chi connectivity index (χ0n) is 10.6. The van der Waals surface area contributed by atoms with Crippen molar-refractivity contribution in [2.75, 3.05) is 10.5 Å². The number of thiazole rings is 1. The van der Waals surface area contributed by atoms with E-state index in [0.717, 1.165) is 28.3 Å². The molecule has 2 aromatic rings. The lowest BCUT2D eigenvalue weighted by molar-refractivity contribution is 0.557. The van der Waals surface area contributed by atoms with Gasteiger partial charge in [-0.05, 0) is 26.0 Å². The Morgan fingerprint density at radius 2 is 1.95 bits per heavy atom. The standard InChI is InChI=1S/C11H11F2N3O2S2/c1-5-6(2)19-11(15-5)16-20(17,18)8-4-3-7(12)10(14)9(8)13/h3-4H,14H2,1-2H3,(H,15,16). The van der Waals surface area contributed by atoms with E-state index in [0.29, 0.717) is 5.69 Å². The normalized spacial score (nSPS) is 11.6. The summed E-state index contributed by atoms with van der Waals surface area (Å²) in [6.45, 7) is 3.50. The Hall–Kier alpha value is -1.74. The van der Waals surface area contributed by atoms with E-state index in [4.69, 9.17) is 5.73 Å². The third-order valence-corrected chi connectivity index (χ3v) is 5.10. The number of benzene rings is 1. The van der Waals surface area contributed by atoms with Crippen molar-refractivity contribution in [2.45, 2.75) is 18.7 Å². The summed E-state index contributed by atoms with van der Waals surface area (Å²) in [6.07, 6.45) is 0. The van der Waals surface area contributed by atoms with E-state index in [2.05, 4.69) is 9.71 Å². The van der Waals surface area contributed by atoms with Crippen LogP contribution in [0, 0.1) is 25.5 Å². The summed E-state index contributed by atoms with van der Waals surface area (Å²) < 4.78 is 53.0. The number of nitrogens with one attached hydrogen (secondary N) is 1. The van der Waals surface area contributed by atoms with Crippen LogP contribution in [0.3, 0.4) is 0 Å². The van der Waals surface area contributed by atoms with Gasteiger partial charge in [0.05, 0.1) is 5.69 Å². The van der Waals surface area contributed by atoms with Gasteiger partial charge in [0, 0.05) is 4.88 Å². The number of aromatic nitrogens is 1. The summed E-state index contributed by atoms with van der Waals surface area (Å²) >= 11 is 1.12. The number of aryl methyl sites for hydroxylation is 2.